The molecule has 0 atom stereocenters. The molecular weight excluding hydrogens is 605 g/mol. The van der Waals surface area contributed by atoms with Crippen LogP contribution in [-0.4, -0.2) is 68.2 Å². The quantitative estimate of drug-likeness (QED) is 0.303. The predicted molar refractivity (Wildman–Crippen MR) is 175 cm³/mol. The van der Waals surface area contributed by atoms with Crippen LogP contribution in [-0.2, 0) is 16.0 Å². The number of fused-ring (bicyclic) bond motifs is 1. The van der Waals surface area contributed by atoms with E-state index in [0.29, 0.717) is 51.1 Å². The molecule has 2 aromatic carbocycles. The van der Waals surface area contributed by atoms with E-state index >= 15 is 0 Å². The highest BCUT2D eigenvalue weighted by atomic mass is 19.1. The zero-order chi connectivity index (χ0) is 33.3. The SMILES string of the molecule is CC(C)(C)OC(=O)NC1CCC(n2c(=O)c3cc(F)cnc3n(-c3cccc(-c4ccc(O)cc4CN4CCOCC4)c3)c2=O)CC1. The number of carbonyl (C=O) groups excluding carboxylic acids is 1. The number of hydrogen-bond donors (Lipinski definition) is 2. The van der Waals surface area contributed by atoms with Crippen molar-refractivity contribution >= 4 is 17.1 Å². The van der Waals surface area contributed by atoms with Gasteiger partial charge in [-0.25, -0.2) is 23.5 Å². The molecule has 1 aliphatic carbocycles. The van der Waals surface area contributed by atoms with Crippen LogP contribution in [0.5, 0.6) is 5.75 Å². The van der Waals surface area contributed by atoms with Crippen molar-refractivity contribution in [2.75, 3.05) is 26.3 Å². The summed E-state index contributed by atoms with van der Waals surface area (Å²) in [5, 5.41) is 13.2. The number of amides is 1. The van der Waals surface area contributed by atoms with Gasteiger partial charge in [0.25, 0.3) is 5.56 Å². The van der Waals surface area contributed by atoms with Crippen LogP contribution >= 0.6 is 0 Å². The summed E-state index contributed by atoms with van der Waals surface area (Å²) in [5.74, 6) is -0.521. The molecule has 2 aliphatic rings. The van der Waals surface area contributed by atoms with Gasteiger partial charge < -0.3 is 19.9 Å². The molecule has 6 rings (SSSR count). The minimum atomic E-state index is -0.679. The number of pyridine rings is 1. The first-order valence-electron chi connectivity index (χ1n) is 16.0. The Labute approximate surface area is 271 Å². The molecule has 0 spiro atoms. The standard InChI is InChI=1S/C35H40FN5O6/c1-35(2,3)47-33(44)38-25-7-9-26(10-8-25)41-32(43)30-19-24(36)20-37-31(30)40(34(41)45)27-6-4-5-22(17-27)29-12-11-28(42)18-23(29)21-39-13-15-46-16-14-39/h4-6,11-12,17-20,25-26,42H,7-10,13-16,21H2,1-3H3,(H,38,44). The molecule has 248 valence electrons. The molecule has 2 aromatic heterocycles. The number of benzene rings is 2. The fourth-order valence-electron chi connectivity index (χ4n) is 6.50. The second-order valence-electron chi connectivity index (χ2n) is 13.2. The maximum atomic E-state index is 14.5. The third kappa shape index (κ3) is 7.23. The Morgan fingerprint density at radius 2 is 1.81 bits per heavy atom. The molecule has 0 radical (unpaired) electrons. The van der Waals surface area contributed by atoms with E-state index in [-0.39, 0.29) is 22.8 Å². The van der Waals surface area contributed by atoms with Crippen LogP contribution < -0.4 is 16.6 Å². The molecule has 1 saturated heterocycles. The Bertz CT molecular complexity index is 1900. The summed E-state index contributed by atoms with van der Waals surface area (Å²) in [6.45, 7) is 8.83. The first kappa shape index (κ1) is 32.4. The van der Waals surface area contributed by atoms with Crippen molar-refractivity contribution in [3.05, 3.63) is 86.9 Å². The van der Waals surface area contributed by atoms with E-state index in [1.807, 2.05) is 24.3 Å². The summed E-state index contributed by atoms with van der Waals surface area (Å²) in [4.78, 5) is 46.8. The van der Waals surface area contributed by atoms with Gasteiger partial charge in [0.2, 0.25) is 0 Å². The van der Waals surface area contributed by atoms with Crippen LogP contribution in [0.2, 0.25) is 0 Å². The summed E-state index contributed by atoms with van der Waals surface area (Å²) >= 11 is 0. The number of alkyl carbamates (subject to hydrolysis) is 1. The smallest absolute Gasteiger partial charge is 0.407 e. The van der Waals surface area contributed by atoms with Crippen LogP contribution in [0.1, 0.15) is 58.1 Å². The Balaban J connectivity index is 1.37. The number of nitrogens with one attached hydrogen (secondary N) is 1. The van der Waals surface area contributed by atoms with E-state index in [9.17, 15) is 23.9 Å². The first-order valence-corrected chi connectivity index (χ1v) is 16.0. The normalized spacial score (nSPS) is 19.1. The number of phenolic OH excluding ortho intramolecular Hbond substituents is 1. The van der Waals surface area contributed by atoms with Crippen molar-refractivity contribution in [1.29, 1.82) is 0 Å². The maximum absolute atomic E-state index is 14.5. The van der Waals surface area contributed by atoms with Gasteiger partial charge in [0.05, 0.1) is 30.5 Å². The van der Waals surface area contributed by atoms with Gasteiger partial charge in [0.15, 0.2) is 5.65 Å². The minimum Gasteiger partial charge on any atom is -0.508 e. The van der Waals surface area contributed by atoms with Gasteiger partial charge in [0, 0.05) is 31.7 Å². The van der Waals surface area contributed by atoms with Crippen LogP contribution in [0.4, 0.5) is 9.18 Å². The van der Waals surface area contributed by atoms with Gasteiger partial charge in [-0.15, -0.1) is 0 Å². The topological polar surface area (TPSA) is 128 Å². The number of aromatic hydroxyl groups is 1. The molecule has 47 heavy (non-hydrogen) atoms. The van der Waals surface area contributed by atoms with Gasteiger partial charge in [-0.1, -0.05) is 18.2 Å². The highest BCUT2D eigenvalue weighted by Gasteiger charge is 2.29. The summed E-state index contributed by atoms with van der Waals surface area (Å²) in [5.41, 5.74) is 1.35. The van der Waals surface area contributed by atoms with Gasteiger partial charge in [-0.3, -0.25) is 14.3 Å². The Hall–Kier alpha value is -4.55. The lowest BCUT2D eigenvalue weighted by Gasteiger charge is -2.31. The molecule has 1 aliphatic heterocycles. The average molecular weight is 646 g/mol. The van der Waals surface area contributed by atoms with Gasteiger partial charge in [-0.05, 0) is 93.5 Å². The van der Waals surface area contributed by atoms with Crippen LogP contribution in [0.25, 0.3) is 27.8 Å². The second-order valence-corrected chi connectivity index (χ2v) is 13.2. The van der Waals surface area contributed by atoms with Crippen molar-refractivity contribution in [2.45, 2.75) is 70.7 Å². The van der Waals surface area contributed by atoms with E-state index in [2.05, 4.69) is 15.2 Å². The summed E-state index contributed by atoms with van der Waals surface area (Å²) < 4.78 is 27.9. The van der Waals surface area contributed by atoms with Crippen molar-refractivity contribution in [3.63, 3.8) is 0 Å². The van der Waals surface area contributed by atoms with Gasteiger partial charge >= 0.3 is 11.8 Å². The lowest BCUT2D eigenvalue weighted by Crippen LogP contribution is -2.45. The van der Waals surface area contributed by atoms with Crippen molar-refractivity contribution < 1.29 is 23.8 Å². The zero-order valence-electron chi connectivity index (χ0n) is 26.9. The number of morpholine rings is 1. The minimum absolute atomic E-state index is 0.00152. The van der Waals surface area contributed by atoms with Gasteiger partial charge in [0.1, 0.15) is 17.2 Å². The molecule has 1 amide bonds. The van der Waals surface area contributed by atoms with E-state index in [1.165, 1.54) is 9.13 Å². The number of aromatic nitrogens is 3. The van der Waals surface area contributed by atoms with Gasteiger partial charge in [-0.2, -0.15) is 0 Å². The lowest BCUT2D eigenvalue weighted by atomic mass is 9.91. The van der Waals surface area contributed by atoms with Crippen LogP contribution in [0.3, 0.4) is 0 Å². The molecule has 4 aromatic rings. The predicted octanol–water partition coefficient (Wildman–Crippen LogP) is 4.90. The molecule has 0 bridgehead atoms. The van der Waals surface area contributed by atoms with E-state index in [4.69, 9.17) is 9.47 Å². The fraction of sp³-hybridized carbons (Fsp3) is 0.429. The summed E-state index contributed by atoms with van der Waals surface area (Å²) in [7, 11) is 0. The Morgan fingerprint density at radius 3 is 2.53 bits per heavy atom. The summed E-state index contributed by atoms with van der Waals surface area (Å²) in [6, 6.07) is 13.1. The molecule has 2 N–H and O–H groups in total. The Morgan fingerprint density at radius 1 is 1.06 bits per heavy atom. The number of hydrogen-bond acceptors (Lipinski definition) is 8. The van der Waals surface area contributed by atoms with Crippen molar-refractivity contribution in [3.8, 4) is 22.6 Å². The molecule has 1 saturated carbocycles. The highest BCUT2D eigenvalue weighted by Crippen LogP contribution is 2.31. The third-order valence-corrected chi connectivity index (χ3v) is 8.68. The van der Waals surface area contributed by atoms with Crippen molar-refractivity contribution in [2.24, 2.45) is 0 Å². The number of nitrogens with zero attached hydrogens (tertiary/aromatic N) is 4. The Kier molecular flexibility index (Phi) is 9.16. The second kappa shape index (κ2) is 13.3. The van der Waals surface area contributed by atoms with E-state index in [1.54, 1.807) is 39.0 Å². The molecule has 2 fully saturated rings. The number of phenols is 1. The highest BCUT2D eigenvalue weighted by molar-refractivity contribution is 5.77. The first-order chi connectivity index (χ1) is 22.5. The summed E-state index contributed by atoms with van der Waals surface area (Å²) in [6.07, 6.45) is 2.49. The molecular formula is C35H40FN5O6. The fourth-order valence-corrected chi connectivity index (χ4v) is 6.50. The lowest BCUT2D eigenvalue weighted by molar-refractivity contribution is 0.0342. The number of carbonyl (C=O) groups is 1. The van der Waals surface area contributed by atoms with Crippen molar-refractivity contribution in [1.82, 2.24) is 24.3 Å². The largest absolute Gasteiger partial charge is 0.508 e. The molecule has 3 heterocycles. The zero-order valence-corrected chi connectivity index (χ0v) is 26.9. The van der Waals surface area contributed by atoms with Crippen LogP contribution in [0.15, 0.2) is 64.3 Å². The maximum Gasteiger partial charge on any atom is 0.407 e. The van der Waals surface area contributed by atoms with Crippen LogP contribution in [0, 0.1) is 5.82 Å². The van der Waals surface area contributed by atoms with E-state index in [0.717, 1.165) is 42.0 Å². The molecule has 11 nitrogen and oxygen atoms in total. The van der Waals surface area contributed by atoms with E-state index < -0.39 is 34.8 Å². The molecule has 12 heteroatoms. The number of rotatable bonds is 6. The average Bonchev–Trinajstić information content (AvgIpc) is 3.02. The number of ether oxygens (including phenoxy) is 2. The molecule has 0 unspecified atom stereocenters. The number of halogens is 1. The third-order valence-electron chi connectivity index (χ3n) is 8.68. The monoisotopic (exact) mass is 645 g/mol.